The van der Waals surface area contributed by atoms with E-state index >= 15 is 0 Å². The van der Waals surface area contributed by atoms with Crippen LogP contribution in [0.3, 0.4) is 0 Å². The van der Waals surface area contributed by atoms with Crippen molar-refractivity contribution in [3.63, 3.8) is 0 Å². The summed E-state index contributed by atoms with van der Waals surface area (Å²) in [5.41, 5.74) is 1.22. The lowest BCUT2D eigenvalue weighted by Gasteiger charge is -2.11. The molecule has 0 aliphatic rings. The predicted octanol–water partition coefficient (Wildman–Crippen LogP) is 4.72. The fraction of sp³-hybridized carbons (Fsp3) is 0. The number of rotatable bonds is 2. The molecule has 0 aliphatic heterocycles. The van der Waals surface area contributed by atoms with Gasteiger partial charge in [-0.25, -0.2) is 0 Å². The second-order valence-corrected chi connectivity index (χ2v) is 6.40. The van der Waals surface area contributed by atoms with Crippen molar-refractivity contribution < 1.29 is 4.79 Å². The highest BCUT2D eigenvalue weighted by Gasteiger charge is 2.11. The summed E-state index contributed by atoms with van der Waals surface area (Å²) in [4.78, 5) is 12.1. The molecule has 0 aromatic heterocycles. The average molecular weight is 451 g/mol. The quantitative estimate of drug-likeness (QED) is 0.513. The van der Waals surface area contributed by atoms with Crippen molar-refractivity contribution in [3.05, 3.63) is 61.6 Å². The number of carbonyl (C=O) groups is 1. The smallest absolute Gasteiger partial charge is 0.258 e. The van der Waals surface area contributed by atoms with E-state index in [9.17, 15) is 4.79 Å². The number of hydrogen-bond acceptors (Lipinski definition) is 2. The molecule has 108 valence electrons. The minimum Gasteiger partial charge on any atom is -0.332 e. The molecule has 1 amide bonds. The first-order valence-electron chi connectivity index (χ1n) is 5.79. The molecule has 0 atom stereocenters. The van der Waals surface area contributed by atoms with E-state index in [1.807, 2.05) is 12.1 Å². The van der Waals surface area contributed by atoms with E-state index < -0.39 is 0 Å². The molecule has 2 aromatic rings. The van der Waals surface area contributed by atoms with Gasteiger partial charge in [-0.15, -0.1) is 0 Å². The Labute approximate surface area is 151 Å². The third-order valence-corrected chi connectivity index (χ3v) is 4.41. The third-order valence-electron chi connectivity index (χ3n) is 2.52. The molecule has 3 nitrogen and oxygen atoms in total. The zero-order valence-corrected chi connectivity index (χ0v) is 15.0. The predicted molar refractivity (Wildman–Crippen MR) is 99.3 cm³/mol. The normalized spacial score (nSPS) is 10.0. The Hall–Kier alpha value is -0.890. The summed E-state index contributed by atoms with van der Waals surface area (Å²) in [5, 5.41) is 6.56. The molecule has 0 heterocycles. The first-order chi connectivity index (χ1) is 9.97. The zero-order chi connectivity index (χ0) is 15.4. The molecule has 7 heteroatoms. The lowest BCUT2D eigenvalue weighted by atomic mass is 10.2. The van der Waals surface area contributed by atoms with Crippen LogP contribution in [0.2, 0.25) is 10.0 Å². The molecule has 0 aliphatic carbocycles. The molecule has 0 unspecified atom stereocenters. The van der Waals surface area contributed by atoms with Crippen LogP contribution >= 0.6 is 58.0 Å². The van der Waals surface area contributed by atoms with Crippen molar-refractivity contribution in [1.82, 2.24) is 5.32 Å². The van der Waals surface area contributed by atoms with Gasteiger partial charge in [0.15, 0.2) is 5.11 Å². The summed E-state index contributed by atoms with van der Waals surface area (Å²) >= 11 is 19.0. The highest BCUT2D eigenvalue weighted by molar-refractivity contribution is 14.1. The molecular formula is C14H9Cl2IN2OS. The molecule has 0 radical (unpaired) electrons. The van der Waals surface area contributed by atoms with Gasteiger partial charge in [0.05, 0.1) is 15.6 Å². The van der Waals surface area contributed by atoms with Gasteiger partial charge in [0, 0.05) is 9.26 Å². The SMILES string of the molecule is O=C(NC(=S)Nc1ccc(Cl)c(Cl)c1)c1ccccc1I. The molecule has 0 fully saturated rings. The molecule has 2 aromatic carbocycles. The lowest BCUT2D eigenvalue weighted by Crippen LogP contribution is -2.34. The average Bonchev–Trinajstić information content (AvgIpc) is 2.43. The van der Waals surface area contributed by atoms with E-state index in [0.29, 0.717) is 21.3 Å². The van der Waals surface area contributed by atoms with Gasteiger partial charge in [-0.1, -0.05) is 35.3 Å². The van der Waals surface area contributed by atoms with Crippen LogP contribution in [0, 0.1) is 3.57 Å². The monoisotopic (exact) mass is 450 g/mol. The Balaban J connectivity index is 2.03. The minimum atomic E-state index is -0.266. The van der Waals surface area contributed by atoms with Crippen molar-refractivity contribution in [2.24, 2.45) is 0 Å². The summed E-state index contributed by atoms with van der Waals surface area (Å²) in [7, 11) is 0. The van der Waals surface area contributed by atoms with E-state index in [0.717, 1.165) is 3.57 Å². The number of hydrogen-bond donors (Lipinski definition) is 2. The Morgan fingerprint density at radius 2 is 1.81 bits per heavy atom. The van der Waals surface area contributed by atoms with Gasteiger partial charge in [-0.3, -0.25) is 10.1 Å². The number of thiocarbonyl (C=S) groups is 1. The van der Waals surface area contributed by atoms with E-state index in [1.54, 1.807) is 30.3 Å². The summed E-state index contributed by atoms with van der Waals surface area (Å²) in [6.45, 7) is 0. The van der Waals surface area contributed by atoms with Crippen LogP contribution in [0.5, 0.6) is 0 Å². The fourth-order valence-corrected chi connectivity index (χ4v) is 2.69. The second-order valence-electron chi connectivity index (χ2n) is 4.02. The Bertz CT molecular complexity index is 709. The van der Waals surface area contributed by atoms with Crippen molar-refractivity contribution in [3.8, 4) is 0 Å². The number of halogens is 3. The van der Waals surface area contributed by atoms with Crippen molar-refractivity contribution in [1.29, 1.82) is 0 Å². The molecule has 0 spiro atoms. The van der Waals surface area contributed by atoms with Crippen LogP contribution in [0.25, 0.3) is 0 Å². The van der Waals surface area contributed by atoms with Crippen molar-refractivity contribution in [2.45, 2.75) is 0 Å². The van der Waals surface area contributed by atoms with Gasteiger partial charge in [0.1, 0.15) is 0 Å². The largest absolute Gasteiger partial charge is 0.332 e. The first-order valence-corrected chi connectivity index (χ1v) is 8.03. The lowest BCUT2D eigenvalue weighted by molar-refractivity contribution is 0.0977. The summed E-state index contributed by atoms with van der Waals surface area (Å²) in [5.74, 6) is -0.266. The molecule has 2 rings (SSSR count). The standard InChI is InChI=1S/C14H9Cl2IN2OS/c15-10-6-5-8(7-11(10)16)18-14(21)19-13(20)9-3-1-2-4-12(9)17/h1-7H,(H2,18,19,20,21). The van der Waals surface area contributed by atoms with Crippen molar-refractivity contribution in [2.75, 3.05) is 5.32 Å². The Kier molecular flexibility index (Phi) is 5.80. The topological polar surface area (TPSA) is 41.1 Å². The van der Waals surface area contributed by atoms with Gasteiger partial charge < -0.3 is 5.32 Å². The molecule has 2 N–H and O–H groups in total. The molecule has 21 heavy (non-hydrogen) atoms. The van der Waals surface area contributed by atoms with Crippen LogP contribution in [0.15, 0.2) is 42.5 Å². The number of anilines is 1. The summed E-state index contributed by atoms with van der Waals surface area (Å²) in [6.07, 6.45) is 0. The van der Waals surface area contributed by atoms with E-state index in [2.05, 4.69) is 33.2 Å². The molecule has 0 saturated heterocycles. The number of nitrogens with one attached hydrogen (secondary N) is 2. The summed E-state index contributed by atoms with van der Waals surface area (Å²) in [6, 6.07) is 12.3. The van der Waals surface area contributed by atoms with Crippen LogP contribution in [0.1, 0.15) is 10.4 Å². The van der Waals surface area contributed by atoms with Crippen LogP contribution in [-0.2, 0) is 0 Å². The number of benzene rings is 2. The summed E-state index contributed by atoms with van der Waals surface area (Å²) < 4.78 is 0.852. The molecular weight excluding hydrogens is 442 g/mol. The number of carbonyl (C=O) groups excluding carboxylic acids is 1. The van der Waals surface area contributed by atoms with Gasteiger partial charge in [0.25, 0.3) is 5.91 Å². The molecule has 0 saturated carbocycles. The van der Waals surface area contributed by atoms with E-state index in [1.165, 1.54) is 0 Å². The van der Waals surface area contributed by atoms with Gasteiger partial charge in [-0.2, -0.15) is 0 Å². The van der Waals surface area contributed by atoms with Gasteiger partial charge >= 0.3 is 0 Å². The maximum atomic E-state index is 12.1. The van der Waals surface area contributed by atoms with Gasteiger partial charge in [0.2, 0.25) is 0 Å². The maximum absolute atomic E-state index is 12.1. The van der Waals surface area contributed by atoms with Crippen LogP contribution < -0.4 is 10.6 Å². The minimum absolute atomic E-state index is 0.193. The second kappa shape index (κ2) is 7.40. The fourth-order valence-electron chi connectivity index (χ4n) is 1.55. The first kappa shape index (κ1) is 16.5. The highest BCUT2D eigenvalue weighted by Crippen LogP contribution is 2.24. The Morgan fingerprint density at radius 1 is 1.10 bits per heavy atom. The van der Waals surface area contributed by atoms with E-state index in [-0.39, 0.29) is 11.0 Å². The number of amides is 1. The van der Waals surface area contributed by atoms with Crippen LogP contribution in [0.4, 0.5) is 5.69 Å². The Morgan fingerprint density at radius 3 is 2.48 bits per heavy atom. The van der Waals surface area contributed by atoms with Gasteiger partial charge in [-0.05, 0) is 65.1 Å². The van der Waals surface area contributed by atoms with E-state index in [4.69, 9.17) is 35.4 Å². The van der Waals surface area contributed by atoms with Crippen LogP contribution in [-0.4, -0.2) is 11.0 Å². The van der Waals surface area contributed by atoms with Crippen molar-refractivity contribution >= 4 is 74.7 Å². The molecule has 0 bridgehead atoms. The maximum Gasteiger partial charge on any atom is 0.258 e. The third kappa shape index (κ3) is 4.54. The highest BCUT2D eigenvalue weighted by atomic mass is 127. The zero-order valence-electron chi connectivity index (χ0n) is 10.5.